The van der Waals surface area contributed by atoms with E-state index in [1.165, 1.54) is 36.6 Å². The van der Waals surface area contributed by atoms with Crippen LogP contribution < -0.4 is 15.4 Å². The largest absolute Gasteiger partial charge is 0.494 e. The van der Waals surface area contributed by atoms with Crippen LogP contribution in [0, 0.1) is 17.0 Å². The number of aromatic nitrogens is 1. The van der Waals surface area contributed by atoms with E-state index in [-0.39, 0.29) is 35.8 Å². The van der Waals surface area contributed by atoms with Crippen LogP contribution in [0.25, 0.3) is 0 Å². The molecule has 2 N–H and O–H groups in total. The maximum absolute atomic E-state index is 12.4. The number of nitro groups is 1. The molecule has 1 aliphatic heterocycles. The fourth-order valence-electron chi connectivity index (χ4n) is 3.30. The van der Waals surface area contributed by atoms with Crippen molar-refractivity contribution in [2.45, 2.75) is 25.8 Å². The van der Waals surface area contributed by atoms with Gasteiger partial charge in [-0.25, -0.2) is 4.98 Å². The van der Waals surface area contributed by atoms with Crippen molar-refractivity contribution < 1.29 is 19.2 Å². The molecule has 3 rings (SSSR count). The SMILES string of the molecule is COc1cc([N+](=O)[O-])ccc1NC(=O)CN1CCC(NC(=O)c2scnc2C)CC1. The number of carbonyl (C=O) groups excluding carboxylic acids is 2. The lowest BCUT2D eigenvalue weighted by atomic mass is 10.0. The number of ether oxygens (including phenoxy) is 1. The monoisotopic (exact) mass is 433 g/mol. The molecule has 2 aromatic rings. The fourth-order valence-corrected chi connectivity index (χ4v) is 4.00. The van der Waals surface area contributed by atoms with Gasteiger partial charge in [-0.15, -0.1) is 11.3 Å². The summed E-state index contributed by atoms with van der Waals surface area (Å²) in [5.74, 6) is -0.0984. The Kier molecular flexibility index (Phi) is 6.95. The van der Waals surface area contributed by atoms with Gasteiger partial charge in [0, 0.05) is 25.2 Å². The highest BCUT2D eigenvalue weighted by Crippen LogP contribution is 2.29. The summed E-state index contributed by atoms with van der Waals surface area (Å²) in [4.78, 5) is 41.8. The summed E-state index contributed by atoms with van der Waals surface area (Å²) in [6.45, 7) is 3.36. The van der Waals surface area contributed by atoms with Crippen LogP contribution in [0.3, 0.4) is 0 Å². The molecule has 1 aliphatic rings. The van der Waals surface area contributed by atoms with E-state index in [0.717, 1.165) is 18.5 Å². The maximum atomic E-state index is 12.4. The molecule has 0 saturated carbocycles. The Morgan fingerprint density at radius 1 is 1.37 bits per heavy atom. The number of amides is 2. The second-order valence-electron chi connectivity index (χ2n) is 6.98. The second kappa shape index (κ2) is 9.63. The lowest BCUT2D eigenvalue weighted by Crippen LogP contribution is -2.46. The molecule has 1 saturated heterocycles. The molecule has 0 unspecified atom stereocenters. The van der Waals surface area contributed by atoms with Gasteiger partial charge in [0.2, 0.25) is 5.91 Å². The van der Waals surface area contributed by atoms with Gasteiger partial charge in [0.1, 0.15) is 10.6 Å². The first kappa shape index (κ1) is 21.7. The van der Waals surface area contributed by atoms with Gasteiger partial charge in [0.25, 0.3) is 11.6 Å². The number of methoxy groups -OCH3 is 1. The quantitative estimate of drug-likeness (QED) is 0.506. The first-order valence-corrected chi connectivity index (χ1v) is 10.3. The molecule has 1 fully saturated rings. The Bertz CT molecular complexity index is 939. The van der Waals surface area contributed by atoms with E-state index in [0.29, 0.717) is 23.7 Å². The Labute approximate surface area is 177 Å². The molecular weight excluding hydrogens is 410 g/mol. The fraction of sp³-hybridized carbons (Fsp3) is 0.421. The van der Waals surface area contributed by atoms with Crippen LogP contribution in [-0.4, -0.2) is 59.4 Å². The minimum Gasteiger partial charge on any atom is -0.494 e. The number of thiazole rings is 1. The molecule has 30 heavy (non-hydrogen) atoms. The molecule has 0 aliphatic carbocycles. The summed E-state index contributed by atoms with van der Waals surface area (Å²) < 4.78 is 5.14. The van der Waals surface area contributed by atoms with Gasteiger partial charge < -0.3 is 15.4 Å². The molecular formula is C19H23N5O5S. The zero-order chi connectivity index (χ0) is 21.7. The van der Waals surface area contributed by atoms with E-state index in [1.54, 1.807) is 5.51 Å². The van der Waals surface area contributed by atoms with E-state index >= 15 is 0 Å². The molecule has 0 bridgehead atoms. The molecule has 10 nitrogen and oxygen atoms in total. The number of piperidine rings is 1. The molecule has 0 atom stereocenters. The number of likely N-dealkylation sites (tertiary alicyclic amines) is 1. The van der Waals surface area contributed by atoms with Crippen LogP contribution >= 0.6 is 11.3 Å². The Morgan fingerprint density at radius 3 is 2.70 bits per heavy atom. The third kappa shape index (κ3) is 5.30. The predicted octanol–water partition coefficient (Wildman–Crippen LogP) is 2.20. The molecule has 2 amide bonds. The van der Waals surface area contributed by atoms with Crippen molar-refractivity contribution in [1.82, 2.24) is 15.2 Å². The van der Waals surface area contributed by atoms with Gasteiger partial charge in [-0.1, -0.05) is 0 Å². The van der Waals surface area contributed by atoms with Crippen molar-refractivity contribution in [1.29, 1.82) is 0 Å². The molecule has 0 spiro atoms. The highest BCUT2D eigenvalue weighted by Gasteiger charge is 2.24. The van der Waals surface area contributed by atoms with Gasteiger partial charge in [0.15, 0.2) is 0 Å². The zero-order valence-corrected chi connectivity index (χ0v) is 17.5. The minimum atomic E-state index is -0.521. The van der Waals surface area contributed by atoms with Crippen LogP contribution in [0.5, 0.6) is 5.75 Å². The van der Waals surface area contributed by atoms with E-state index in [9.17, 15) is 19.7 Å². The second-order valence-corrected chi connectivity index (χ2v) is 7.84. The third-order valence-corrected chi connectivity index (χ3v) is 5.84. The average molecular weight is 433 g/mol. The Hall–Kier alpha value is -3.05. The number of benzene rings is 1. The van der Waals surface area contributed by atoms with E-state index in [1.807, 2.05) is 11.8 Å². The lowest BCUT2D eigenvalue weighted by molar-refractivity contribution is -0.384. The summed E-state index contributed by atoms with van der Waals surface area (Å²) in [5, 5.41) is 16.6. The molecule has 2 heterocycles. The van der Waals surface area contributed by atoms with Crippen molar-refractivity contribution in [3.05, 3.63) is 44.4 Å². The highest BCUT2D eigenvalue weighted by molar-refractivity contribution is 7.11. The summed E-state index contributed by atoms with van der Waals surface area (Å²) in [5.41, 5.74) is 2.66. The normalized spacial score (nSPS) is 14.9. The van der Waals surface area contributed by atoms with Crippen molar-refractivity contribution in [2.24, 2.45) is 0 Å². The molecule has 11 heteroatoms. The number of hydrogen-bond donors (Lipinski definition) is 2. The Balaban J connectivity index is 1.48. The van der Waals surface area contributed by atoms with Crippen LogP contribution in [0.1, 0.15) is 28.2 Å². The van der Waals surface area contributed by atoms with Gasteiger partial charge >= 0.3 is 0 Å². The van der Waals surface area contributed by atoms with Gasteiger partial charge in [-0.3, -0.25) is 24.6 Å². The van der Waals surface area contributed by atoms with E-state index in [2.05, 4.69) is 15.6 Å². The van der Waals surface area contributed by atoms with Gasteiger partial charge in [0.05, 0.1) is 41.5 Å². The van der Waals surface area contributed by atoms with Crippen LogP contribution in [0.4, 0.5) is 11.4 Å². The first-order chi connectivity index (χ1) is 14.4. The third-order valence-electron chi connectivity index (χ3n) is 4.91. The number of nitro benzene ring substituents is 1. The number of carbonyl (C=O) groups is 2. The first-order valence-electron chi connectivity index (χ1n) is 9.43. The summed E-state index contributed by atoms with van der Waals surface area (Å²) in [7, 11) is 1.39. The molecule has 0 radical (unpaired) electrons. The number of aryl methyl sites for hydroxylation is 1. The summed E-state index contributed by atoms with van der Waals surface area (Å²) in [6, 6.07) is 4.11. The molecule has 1 aromatic carbocycles. The molecule has 160 valence electrons. The highest BCUT2D eigenvalue weighted by atomic mass is 32.1. The van der Waals surface area contributed by atoms with Crippen LogP contribution in [0.15, 0.2) is 23.7 Å². The summed E-state index contributed by atoms with van der Waals surface area (Å²) in [6.07, 6.45) is 1.50. The molecule has 1 aromatic heterocycles. The predicted molar refractivity (Wildman–Crippen MR) is 112 cm³/mol. The van der Waals surface area contributed by atoms with E-state index in [4.69, 9.17) is 4.74 Å². The number of nitrogens with one attached hydrogen (secondary N) is 2. The number of non-ortho nitro benzene ring substituents is 1. The van der Waals surface area contributed by atoms with Gasteiger partial charge in [-0.2, -0.15) is 0 Å². The minimum absolute atomic E-state index is 0.0630. The Morgan fingerprint density at radius 2 is 2.10 bits per heavy atom. The van der Waals surface area contributed by atoms with Crippen LogP contribution in [0.2, 0.25) is 0 Å². The number of rotatable bonds is 7. The maximum Gasteiger partial charge on any atom is 0.273 e. The smallest absolute Gasteiger partial charge is 0.273 e. The van der Waals surface area contributed by atoms with Crippen molar-refractivity contribution in [3.63, 3.8) is 0 Å². The average Bonchev–Trinajstić information content (AvgIpc) is 3.15. The van der Waals surface area contributed by atoms with Crippen molar-refractivity contribution >= 4 is 34.5 Å². The lowest BCUT2D eigenvalue weighted by Gasteiger charge is -2.31. The number of nitrogens with zero attached hydrogens (tertiary/aromatic N) is 3. The van der Waals surface area contributed by atoms with Crippen LogP contribution in [-0.2, 0) is 4.79 Å². The standard InChI is InChI=1S/C19H23N5O5S/c1-12-18(30-11-20-12)19(26)21-13-5-7-23(8-6-13)10-17(25)22-15-4-3-14(24(27)28)9-16(15)29-2/h3-4,9,11,13H,5-8,10H2,1-2H3,(H,21,26)(H,22,25). The number of anilines is 1. The zero-order valence-electron chi connectivity index (χ0n) is 16.7. The topological polar surface area (TPSA) is 127 Å². The van der Waals surface area contributed by atoms with E-state index < -0.39 is 4.92 Å². The number of hydrogen-bond acceptors (Lipinski definition) is 8. The van der Waals surface area contributed by atoms with Crippen molar-refractivity contribution in [3.8, 4) is 5.75 Å². The van der Waals surface area contributed by atoms with Gasteiger partial charge in [-0.05, 0) is 25.8 Å². The summed E-state index contributed by atoms with van der Waals surface area (Å²) >= 11 is 1.33. The van der Waals surface area contributed by atoms with Crippen molar-refractivity contribution in [2.75, 3.05) is 32.1 Å².